The number of hydrogen-bond donors (Lipinski definition) is 1. The molecule has 7 atom stereocenters. The lowest BCUT2D eigenvalue weighted by Crippen LogP contribution is -2.56. The van der Waals surface area contributed by atoms with Gasteiger partial charge in [-0.2, -0.15) is 0 Å². The first-order valence-electron chi connectivity index (χ1n) is 17.5. The molecule has 236 valence electrons. The Bertz CT molecular complexity index is 1160. The molecule has 0 amide bonds. The van der Waals surface area contributed by atoms with Crippen molar-refractivity contribution in [3.8, 4) is 0 Å². The van der Waals surface area contributed by atoms with Crippen molar-refractivity contribution in [3.63, 3.8) is 0 Å². The number of rotatable bonds is 7. The molecule has 0 spiro atoms. The van der Waals surface area contributed by atoms with Gasteiger partial charge in [-0.1, -0.05) is 86.0 Å². The van der Waals surface area contributed by atoms with Crippen LogP contribution in [0.25, 0.3) is 0 Å². The monoisotopic (exact) mass is 577 g/mol. The van der Waals surface area contributed by atoms with Gasteiger partial charge in [-0.05, 0) is 136 Å². The van der Waals surface area contributed by atoms with Crippen LogP contribution in [0.2, 0.25) is 0 Å². The summed E-state index contributed by atoms with van der Waals surface area (Å²) in [7, 11) is 2.21. The van der Waals surface area contributed by atoms with Gasteiger partial charge in [-0.25, -0.2) is 0 Å². The summed E-state index contributed by atoms with van der Waals surface area (Å²) in [5, 5.41) is 10.3. The minimum Gasteiger partial charge on any atom is -0.504 e. The maximum atomic E-state index is 12.5. The van der Waals surface area contributed by atoms with Gasteiger partial charge in [0.1, 0.15) is 0 Å². The third-order valence-corrected chi connectivity index (χ3v) is 13.3. The van der Waals surface area contributed by atoms with Gasteiger partial charge in [-0.3, -0.25) is 4.79 Å². The van der Waals surface area contributed by atoms with E-state index < -0.39 is 0 Å². The molecule has 42 heavy (non-hydrogen) atoms. The summed E-state index contributed by atoms with van der Waals surface area (Å²) < 4.78 is 0. The fourth-order valence-corrected chi connectivity index (χ4v) is 9.57. The molecule has 0 heterocycles. The predicted octanol–water partition coefficient (Wildman–Crippen LogP) is 10.4. The lowest BCUT2D eigenvalue weighted by Gasteiger charge is -2.65. The standard InChI is InChI=1S/C29H40O2.C10H23N/c1-7-26(3)12-13-27(4)14-15-29(6)20(22(27)17-26)10-11-28(5)21-16-23(30)25(31)18(2)19(21)8-9-24(28)29;1-5-8-11(4)9-7-10(3)6-2/h8-9,16,20,22,31H,7,10-15,17H2,1-6H3;10H,5-9H2,1-4H3/t20?,22?,26-,27?,28?,29?;/m1./s1. The van der Waals surface area contributed by atoms with Gasteiger partial charge in [-0.15, -0.1) is 0 Å². The summed E-state index contributed by atoms with van der Waals surface area (Å²) in [6, 6.07) is 0. The van der Waals surface area contributed by atoms with Crippen molar-refractivity contribution in [2.45, 2.75) is 133 Å². The summed E-state index contributed by atoms with van der Waals surface area (Å²) in [6.45, 7) is 23.7. The molecule has 0 radical (unpaired) electrons. The largest absolute Gasteiger partial charge is 0.504 e. The molecule has 5 aliphatic rings. The maximum absolute atomic E-state index is 12.5. The first-order valence-corrected chi connectivity index (χ1v) is 17.5. The minimum absolute atomic E-state index is 0.0789. The van der Waals surface area contributed by atoms with Crippen molar-refractivity contribution in [1.82, 2.24) is 4.90 Å². The molecule has 5 rings (SSSR count). The van der Waals surface area contributed by atoms with Gasteiger partial charge in [0.15, 0.2) is 5.76 Å². The molecule has 0 aromatic heterocycles. The second kappa shape index (κ2) is 12.4. The Morgan fingerprint density at radius 2 is 1.67 bits per heavy atom. The molecule has 6 unspecified atom stereocenters. The predicted molar refractivity (Wildman–Crippen MR) is 178 cm³/mol. The molecule has 3 saturated carbocycles. The molecule has 0 aromatic rings. The Morgan fingerprint density at radius 3 is 2.31 bits per heavy atom. The van der Waals surface area contributed by atoms with Gasteiger partial charge < -0.3 is 10.0 Å². The lowest BCUT2D eigenvalue weighted by atomic mass is 9.39. The number of allylic oxidation sites excluding steroid dienone is 7. The van der Waals surface area contributed by atoms with Crippen LogP contribution < -0.4 is 0 Å². The normalized spacial score (nSPS) is 38.2. The number of carbonyl (C=O) groups excluding carboxylic acids is 1. The van der Waals surface area contributed by atoms with E-state index in [1.54, 1.807) is 11.6 Å². The van der Waals surface area contributed by atoms with Gasteiger partial charge in [0.2, 0.25) is 5.78 Å². The molecule has 5 aliphatic carbocycles. The molecule has 0 saturated heterocycles. The van der Waals surface area contributed by atoms with Crippen LogP contribution in [-0.4, -0.2) is 35.9 Å². The van der Waals surface area contributed by atoms with Crippen molar-refractivity contribution in [1.29, 1.82) is 0 Å². The van der Waals surface area contributed by atoms with Crippen molar-refractivity contribution in [2.24, 2.45) is 39.4 Å². The number of aliphatic hydroxyl groups excluding tert-OH is 1. The Hall–Kier alpha value is -1.61. The van der Waals surface area contributed by atoms with Gasteiger partial charge in [0, 0.05) is 11.0 Å². The summed E-state index contributed by atoms with van der Waals surface area (Å²) in [5.74, 6) is 2.13. The molecule has 0 aliphatic heterocycles. The van der Waals surface area contributed by atoms with Gasteiger partial charge in [0.05, 0.1) is 0 Å². The molecular formula is C39H63NO2. The molecule has 0 aromatic carbocycles. The van der Waals surface area contributed by atoms with E-state index in [0.29, 0.717) is 10.8 Å². The lowest BCUT2D eigenvalue weighted by molar-refractivity contribution is -0.114. The zero-order valence-corrected chi connectivity index (χ0v) is 29.0. The zero-order valence-electron chi connectivity index (χ0n) is 29.0. The second-order valence-corrected chi connectivity index (χ2v) is 16.2. The fourth-order valence-electron chi connectivity index (χ4n) is 9.57. The van der Waals surface area contributed by atoms with E-state index in [2.05, 4.69) is 79.5 Å². The van der Waals surface area contributed by atoms with Gasteiger partial charge >= 0.3 is 0 Å². The maximum Gasteiger partial charge on any atom is 0.220 e. The van der Waals surface area contributed by atoms with Gasteiger partial charge in [0.25, 0.3) is 0 Å². The summed E-state index contributed by atoms with van der Waals surface area (Å²) in [5.41, 5.74) is 5.62. The number of nitrogens with zero attached hydrogens (tertiary/aromatic N) is 1. The average molecular weight is 578 g/mol. The second-order valence-electron chi connectivity index (χ2n) is 16.2. The van der Waals surface area contributed by atoms with E-state index in [-0.39, 0.29) is 22.4 Å². The van der Waals surface area contributed by atoms with Crippen molar-refractivity contribution in [3.05, 3.63) is 46.3 Å². The topological polar surface area (TPSA) is 40.5 Å². The van der Waals surface area contributed by atoms with Crippen molar-refractivity contribution in [2.75, 3.05) is 20.1 Å². The quantitative estimate of drug-likeness (QED) is 0.327. The fraction of sp³-hybridized carbons (Fsp3) is 0.769. The van der Waals surface area contributed by atoms with Crippen molar-refractivity contribution < 1.29 is 9.90 Å². The average Bonchev–Trinajstić information content (AvgIpc) is 2.96. The number of hydrogen-bond acceptors (Lipinski definition) is 3. The van der Waals surface area contributed by atoms with E-state index in [9.17, 15) is 9.90 Å². The molecule has 3 nitrogen and oxygen atoms in total. The van der Waals surface area contributed by atoms with Crippen molar-refractivity contribution >= 4 is 5.78 Å². The van der Waals surface area contributed by atoms with Crippen LogP contribution in [0.4, 0.5) is 0 Å². The third-order valence-electron chi connectivity index (χ3n) is 13.3. The van der Waals surface area contributed by atoms with Crippen LogP contribution in [0.15, 0.2) is 46.3 Å². The van der Waals surface area contributed by atoms with E-state index in [0.717, 1.165) is 40.9 Å². The highest BCUT2D eigenvalue weighted by molar-refractivity contribution is 6.06. The van der Waals surface area contributed by atoms with E-state index in [1.807, 2.05) is 6.92 Å². The highest BCUT2D eigenvalue weighted by Crippen LogP contribution is 2.70. The highest BCUT2D eigenvalue weighted by atomic mass is 16.3. The summed E-state index contributed by atoms with van der Waals surface area (Å²) >= 11 is 0. The summed E-state index contributed by atoms with van der Waals surface area (Å²) in [4.78, 5) is 15.0. The molecule has 3 heteroatoms. The number of aliphatic hydroxyl groups is 1. The number of fused-ring (bicyclic) bond motifs is 7. The van der Waals surface area contributed by atoms with Crippen LogP contribution in [0, 0.1) is 39.4 Å². The van der Waals surface area contributed by atoms with Crippen LogP contribution in [0.5, 0.6) is 0 Å². The zero-order chi connectivity index (χ0) is 31.1. The summed E-state index contributed by atoms with van der Waals surface area (Å²) in [6.07, 6.45) is 20.7. The number of ketones is 1. The molecule has 0 bridgehead atoms. The Kier molecular flexibility index (Phi) is 9.84. The molecule has 1 N–H and O–H groups in total. The SMILES string of the molecule is CCCN(C)CCC(C)CC.CC[C@]1(C)CCC2(C)CCC3(C)C4=CC=C5C(=CC(=O)C(O)=C5C)C4(C)CCC3C2C1. The molecular weight excluding hydrogens is 514 g/mol. The first kappa shape index (κ1) is 33.3. The van der Waals surface area contributed by atoms with Crippen LogP contribution in [0.3, 0.4) is 0 Å². The van der Waals surface area contributed by atoms with E-state index in [1.165, 1.54) is 77.3 Å². The minimum atomic E-state index is -0.221. The van der Waals surface area contributed by atoms with E-state index in [4.69, 9.17) is 0 Å². The third kappa shape index (κ3) is 5.90. The van der Waals surface area contributed by atoms with Crippen LogP contribution in [-0.2, 0) is 4.79 Å². The Morgan fingerprint density at radius 1 is 0.976 bits per heavy atom. The first-order chi connectivity index (χ1) is 19.7. The smallest absolute Gasteiger partial charge is 0.220 e. The van der Waals surface area contributed by atoms with Crippen LogP contribution in [0.1, 0.15) is 133 Å². The Labute approximate surface area is 259 Å². The highest BCUT2D eigenvalue weighted by Gasteiger charge is 2.61. The number of carbonyl (C=O) groups is 1. The van der Waals surface area contributed by atoms with Crippen LogP contribution >= 0.6 is 0 Å². The Balaban J connectivity index is 0.000000315. The van der Waals surface area contributed by atoms with E-state index >= 15 is 0 Å². The molecule has 3 fully saturated rings.